The van der Waals surface area contributed by atoms with Gasteiger partial charge in [0.1, 0.15) is 11.3 Å². The molecule has 0 saturated carbocycles. The molecule has 0 aromatic heterocycles. The van der Waals surface area contributed by atoms with Crippen molar-refractivity contribution < 1.29 is 14.3 Å². The molecule has 0 atom stereocenters. The van der Waals surface area contributed by atoms with E-state index in [-0.39, 0.29) is 18.5 Å². The number of carbonyl (C=O) groups is 2. The molecule has 2 saturated heterocycles. The topological polar surface area (TPSA) is 70.7 Å². The number of imide groups is 1. The van der Waals surface area contributed by atoms with Crippen LogP contribution >= 0.6 is 0 Å². The second-order valence-electron chi connectivity index (χ2n) is 5.47. The number of rotatable bonds is 3. The maximum Gasteiger partial charge on any atom is 0.325 e. The fraction of sp³-hybridized carbons (Fsp3) is 0.467. The summed E-state index contributed by atoms with van der Waals surface area (Å²) < 4.78 is 5.28. The molecule has 0 aliphatic carbocycles. The van der Waals surface area contributed by atoms with Crippen molar-refractivity contribution >= 4 is 11.9 Å². The van der Waals surface area contributed by atoms with Crippen LogP contribution in [0.15, 0.2) is 24.3 Å². The van der Waals surface area contributed by atoms with Crippen molar-refractivity contribution in [1.29, 1.82) is 0 Å². The first-order chi connectivity index (χ1) is 10.2. The van der Waals surface area contributed by atoms with E-state index in [0.717, 1.165) is 18.7 Å². The van der Waals surface area contributed by atoms with Crippen LogP contribution in [-0.4, -0.2) is 42.6 Å². The molecule has 0 bridgehead atoms. The molecule has 2 N–H and O–H groups in total. The molecule has 112 valence electrons. The lowest BCUT2D eigenvalue weighted by Gasteiger charge is -2.31. The van der Waals surface area contributed by atoms with Gasteiger partial charge < -0.3 is 15.4 Å². The van der Waals surface area contributed by atoms with Crippen molar-refractivity contribution in [2.45, 2.75) is 24.9 Å². The van der Waals surface area contributed by atoms with Gasteiger partial charge in [-0.2, -0.15) is 0 Å². The molecule has 0 unspecified atom stereocenters. The molecule has 0 radical (unpaired) electrons. The van der Waals surface area contributed by atoms with E-state index in [1.54, 1.807) is 7.11 Å². The lowest BCUT2D eigenvalue weighted by atomic mass is 9.88. The van der Waals surface area contributed by atoms with Gasteiger partial charge in [0.2, 0.25) is 0 Å². The molecule has 2 aliphatic rings. The highest BCUT2D eigenvalue weighted by Crippen LogP contribution is 2.29. The van der Waals surface area contributed by atoms with Gasteiger partial charge in [0, 0.05) is 5.56 Å². The maximum absolute atomic E-state index is 12.7. The van der Waals surface area contributed by atoms with E-state index >= 15 is 0 Å². The highest BCUT2D eigenvalue weighted by atomic mass is 16.5. The molecular formula is C15H19N3O3. The van der Waals surface area contributed by atoms with Crippen molar-refractivity contribution in [2.24, 2.45) is 0 Å². The van der Waals surface area contributed by atoms with Crippen molar-refractivity contribution in [1.82, 2.24) is 15.5 Å². The minimum Gasteiger partial charge on any atom is -0.496 e. The van der Waals surface area contributed by atoms with E-state index in [4.69, 9.17) is 4.74 Å². The fourth-order valence-corrected chi connectivity index (χ4v) is 3.02. The summed E-state index contributed by atoms with van der Waals surface area (Å²) in [6.45, 7) is 1.73. The van der Waals surface area contributed by atoms with Crippen LogP contribution in [0.4, 0.5) is 4.79 Å². The molecule has 3 amide bonds. The highest BCUT2D eigenvalue weighted by molar-refractivity contribution is 6.07. The first-order valence-electron chi connectivity index (χ1n) is 7.13. The van der Waals surface area contributed by atoms with Crippen LogP contribution in [0.3, 0.4) is 0 Å². The number of methoxy groups -OCH3 is 1. The van der Waals surface area contributed by atoms with Gasteiger partial charge in [-0.1, -0.05) is 18.2 Å². The van der Waals surface area contributed by atoms with Crippen molar-refractivity contribution in [3.8, 4) is 5.75 Å². The second kappa shape index (κ2) is 5.37. The summed E-state index contributed by atoms with van der Waals surface area (Å²) in [5, 5.41) is 6.10. The van der Waals surface area contributed by atoms with Gasteiger partial charge in [-0.3, -0.25) is 9.69 Å². The van der Waals surface area contributed by atoms with E-state index in [2.05, 4.69) is 10.6 Å². The van der Waals surface area contributed by atoms with E-state index in [1.807, 2.05) is 24.3 Å². The molecule has 1 aromatic carbocycles. The number of amides is 3. The maximum atomic E-state index is 12.7. The van der Waals surface area contributed by atoms with Crippen LogP contribution in [0.5, 0.6) is 5.75 Å². The van der Waals surface area contributed by atoms with Crippen molar-refractivity contribution in [3.05, 3.63) is 29.8 Å². The summed E-state index contributed by atoms with van der Waals surface area (Å²) in [5.41, 5.74) is 0.110. The third-order valence-corrected chi connectivity index (χ3v) is 4.22. The number of ether oxygens (including phenoxy) is 1. The Labute approximate surface area is 123 Å². The Hall–Kier alpha value is -2.08. The Morgan fingerprint density at radius 2 is 1.95 bits per heavy atom. The quantitative estimate of drug-likeness (QED) is 0.810. The van der Waals surface area contributed by atoms with Crippen LogP contribution < -0.4 is 15.4 Å². The summed E-state index contributed by atoms with van der Waals surface area (Å²) in [4.78, 5) is 26.2. The van der Waals surface area contributed by atoms with Gasteiger partial charge in [0.05, 0.1) is 13.7 Å². The Morgan fingerprint density at radius 3 is 2.67 bits per heavy atom. The Kier molecular flexibility index (Phi) is 3.55. The molecule has 6 heteroatoms. The monoisotopic (exact) mass is 289 g/mol. The van der Waals surface area contributed by atoms with E-state index in [9.17, 15) is 9.59 Å². The van der Waals surface area contributed by atoms with E-state index in [1.165, 1.54) is 4.90 Å². The van der Waals surface area contributed by atoms with Crippen LogP contribution in [0, 0.1) is 0 Å². The highest BCUT2D eigenvalue weighted by Gasteiger charge is 2.51. The number of piperidine rings is 1. The molecular weight excluding hydrogens is 270 g/mol. The first kappa shape index (κ1) is 13.9. The van der Waals surface area contributed by atoms with Gasteiger partial charge in [-0.15, -0.1) is 0 Å². The number of benzene rings is 1. The molecule has 1 spiro atoms. The molecule has 1 aromatic rings. The number of hydrogen-bond acceptors (Lipinski definition) is 4. The zero-order valence-electron chi connectivity index (χ0n) is 12.0. The average molecular weight is 289 g/mol. The molecule has 2 fully saturated rings. The standard InChI is InChI=1S/C15H19N3O3/c1-21-12-5-3-2-4-11(12)10-18-13(19)15(17-14(18)20)6-8-16-9-7-15/h2-5,16H,6-10H2,1H3,(H,17,20). The summed E-state index contributed by atoms with van der Waals surface area (Å²) in [5.74, 6) is 0.560. The first-order valence-corrected chi connectivity index (χ1v) is 7.13. The normalized spacial score (nSPS) is 20.7. The largest absolute Gasteiger partial charge is 0.496 e. The average Bonchev–Trinajstić information content (AvgIpc) is 2.73. The Balaban J connectivity index is 1.82. The molecule has 6 nitrogen and oxygen atoms in total. The molecule has 3 rings (SSSR count). The van der Waals surface area contributed by atoms with Gasteiger partial charge in [0.25, 0.3) is 5.91 Å². The van der Waals surface area contributed by atoms with Gasteiger partial charge in [0.15, 0.2) is 0 Å². The van der Waals surface area contributed by atoms with Crippen LogP contribution in [0.25, 0.3) is 0 Å². The third kappa shape index (κ3) is 2.35. The Bertz CT molecular complexity index is 567. The van der Waals surface area contributed by atoms with Gasteiger partial charge in [-0.05, 0) is 32.0 Å². The van der Waals surface area contributed by atoms with Crippen LogP contribution in [0.1, 0.15) is 18.4 Å². The summed E-state index contributed by atoms with van der Waals surface area (Å²) >= 11 is 0. The zero-order valence-corrected chi connectivity index (χ0v) is 12.0. The number of nitrogens with one attached hydrogen (secondary N) is 2. The Morgan fingerprint density at radius 1 is 1.24 bits per heavy atom. The fourth-order valence-electron chi connectivity index (χ4n) is 3.02. The number of carbonyl (C=O) groups excluding carboxylic acids is 2. The molecule has 21 heavy (non-hydrogen) atoms. The number of urea groups is 1. The zero-order chi connectivity index (χ0) is 14.9. The van der Waals surface area contributed by atoms with Crippen LogP contribution in [0.2, 0.25) is 0 Å². The minimum absolute atomic E-state index is 0.125. The summed E-state index contributed by atoms with van der Waals surface area (Å²) in [6, 6.07) is 7.12. The van der Waals surface area contributed by atoms with Crippen molar-refractivity contribution in [2.75, 3.05) is 20.2 Å². The number of hydrogen-bond donors (Lipinski definition) is 2. The van der Waals surface area contributed by atoms with Gasteiger partial charge in [-0.25, -0.2) is 4.79 Å². The third-order valence-electron chi connectivity index (χ3n) is 4.22. The smallest absolute Gasteiger partial charge is 0.325 e. The van der Waals surface area contributed by atoms with Crippen molar-refractivity contribution in [3.63, 3.8) is 0 Å². The number of para-hydroxylation sites is 1. The second-order valence-corrected chi connectivity index (χ2v) is 5.47. The minimum atomic E-state index is -0.718. The molecule has 2 heterocycles. The SMILES string of the molecule is COc1ccccc1CN1C(=O)NC2(CCNCC2)C1=O. The lowest BCUT2D eigenvalue weighted by molar-refractivity contribution is -0.132. The van der Waals surface area contributed by atoms with E-state index < -0.39 is 5.54 Å². The van der Waals surface area contributed by atoms with E-state index in [0.29, 0.717) is 18.6 Å². The number of nitrogens with zero attached hydrogens (tertiary/aromatic N) is 1. The lowest BCUT2D eigenvalue weighted by Crippen LogP contribution is -2.53. The predicted octanol–water partition coefficient (Wildman–Crippen LogP) is 0.869. The predicted molar refractivity (Wildman–Crippen MR) is 76.9 cm³/mol. The molecule has 2 aliphatic heterocycles. The van der Waals surface area contributed by atoms with Crippen LogP contribution in [-0.2, 0) is 11.3 Å². The summed E-state index contributed by atoms with van der Waals surface area (Å²) in [6.07, 6.45) is 1.28. The van der Waals surface area contributed by atoms with Gasteiger partial charge >= 0.3 is 6.03 Å². The summed E-state index contributed by atoms with van der Waals surface area (Å²) in [7, 11) is 1.58.